The van der Waals surface area contributed by atoms with Crippen molar-refractivity contribution in [2.75, 3.05) is 38.3 Å². The number of imidazole rings is 1. The van der Waals surface area contributed by atoms with E-state index in [0.29, 0.717) is 0 Å². The lowest BCUT2D eigenvalue weighted by atomic mass is 10.0. The van der Waals surface area contributed by atoms with Gasteiger partial charge in [-0.15, -0.1) is 0 Å². The molecule has 1 saturated heterocycles. The number of benzene rings is 3. The molecule has 0 aliphatic carbocycles. The van der Waals surface area contributed by atoms with E-state index in [1.165, 1.54) is 16.8 Å². The Bertz CT molecular complexity index is 1110. The molecule has 1 fully saturated rings. The van der Waals surface area contributed by atoms with Gasteiger partial charge < -0.3 is 14.4 Å². The number of anilines is 1. The minimum absolute atomic E-state index is 0.799. The van der Waals surface area contributed by atoms with Gasteiger partial charge in [-0.3, -0.25) is 4.57 Å². The summed E-state index contributed by atoms with van der Waals surface area (Å²) in [5, 5.41) is 0. The van der Waals surface area contributed by atoms with Crippen LogP contribution in [-0.4, -0.2) is 43.0 Å². The van der Waals surface area contributed by atoms with E-state index in [4.69, 9.17) is 9.47 Å². The van der Waals surface area contributed by atoms with E-state index in [2.05, 4.69) is 56.9 Å². The number of ether oxygens (including phenoxy) is 2. The van der Waals surface area contributed by atoms with Gasteiger partial charge in [0.05, 0.1) is 31.4 Å². The SMILES string of the molecule is COc1ccc(-n2cnc3ccc(-c4ccc(N5CCOCC5)cc4)cc32)cc1. The Morgan fingerprint density at radius 2 is 1.52 bits per heavy atom. The second kappa shape index (κ2) is 7.60. The molecule has 5 heteroatoms. The van der Waals surface area contributed by atoms with Crippen LogP contribution in [0.1, 0.15) is 0 Å². The Morgan fingerprint density at radius 3 is 2.24 bits per heavy atom. The number of fused-ring (bicyclic) bond motifs is 1. The average molecular weight is 385 g/mol. The third-order valence-electron chi connectivity index (χ3n) is 5.47. The first-order valence-corrected chi connectivity index (χ1v) is 9.86. The van der Waals surface area contributed by atoms with Gasteiger partial charge in [-0.25, -0.2) is 4.98 Å². The van der Waals surface area contributed by atoms with E-state index in [-0.39, 0.29) is 0 Å². The fourth-order valence-corrected chi connectivity index (χ4v) is 3.82. The van der Waals surface area contributed by atoms with Gasteiger partial charge in [0.2, 0.25) is 0 Å². The van der Waals surface area contributed by atoms with Crippen molar-refractivity contribution in [3.05, 3.63) is 73.1 Å². The maximum Gasteiger partial charge on any atom is 0.119 e. The normalized spacial score (nSPS) is 14.3. The Balaban J connectivity index is 1.47. The van der Waals surface area contributed by atoms with Gasteiger partial charge in [0, 0.05) is 24.5 Å². The van der Waals surface area contributed by atoms with Gasteiger partial charge in [-0.2, -0.15) is 0 Å². The lowest BCUT2D eigenvalue weighted by Gasteiger charge is -2.28. The van der Waals surface area contributed by atoms with Crippen molar-refractivity contribution in [2.24, 2.45) is 0 Å². The maximum atomic E-state index is 5.45. The second-order valence-corrected chi connectivity index (χ2v) is 7.16. The molecular weight excluding hydrogens is 362 g/mol. The molecule has 0 atom stereocenters. The van der Waals surface area contributed by atoms with Gasteiger partial charge in [0.15, 0.2) is 0 Å². The molecule has 146 valence electrons. The maximum absolute atomic E-state index is 5.45. The van der Waals surface area contributed by atoms with Crippen molar-refractivity contribution >= 4 is 16.7 Å². The van der Waals surface area contributed by atoms with E-state index >= 15 is 0 Å². The molecule has 5 rings (SSSR count). The molecule has 29 heavy (non-hydrogen) atoms. The number of aromatic nitrogens is 2. The van der Waals surface area contributed by atoms with Crippen LogP contribution in [0.5, 0.6) is 5.75 Å². The molecule has 4 aromatic rings. The summed E-state index contributed by atoms with van der Waals surface area (Å²) in [5.41, 5.74) is 6.77. The third kappa shape index (κ3) is 3.45. The predicted octanol–water partition coefficient (Wildman–Crippen LogP) is 4.54. The summed E-state index contributed by atoms with van der Waals surface area (Å²) in [5.74, 6) is 0.846. The Hall–Kier alpha value is -3.31. The highest BCUT2D eigenvalue weighted by atomic mass is 16.5. The Morgan fingerprint density at radius 1 is 0.828 bits per heavy atom. The van der Waals surface area contributed by atoms with Crippen LogP contribution in [0.25, 0.3) is 27.8 Å². The monoisotopic (exact) mass is 385 g/mol. The van der Waals surface area contributed by atoms with Crippen LogP contribution in [0.15, 0.2) is 73.1 Å². The van der Waals surface area contributed by atoms with Crippen LogP contribution >= 0.6 is 0 Å². The van der Waals surface area contributed by atoms with Crippen molar-refractivity contribution < 1.29 is 9.47 Å². The lowest BCUT2D eigenvalue weighted by molar-refractivity contribution is 0.122. The van der Waals surface area contributed by atoms with Gasteiger partial charge in [-0.05, 0) is 59.7 Å². The average Bonchev–Trinajstić information content (AvgIpc) is 3.23. The molecule has 3 aromatic carbocycles. The molecule has 1 aliphatic heterocycles. The number of hydrogen-bond donors (Lipinski definition) is 0. The second-order valence-electron chi connectivity index (χ2n) is 7.16. The summed E-state index contributed by atoms with van der Waals surface area (Å²) in [6.45, 7) is 3.50. The highest BCUT2D eigenvalue weighted by molar-refractivity contribution is 5.83. The van der Waals surface area contributed by atoms with E-state index in [1.54, 1.807) is 7.11 Å². The number of morpholine rings is 1. The van der Waals surface area contributed by atoms with Crippen molar-refractivity contribution in [3.8, 4) is 22.6 Å². The van der Waals surface area contributed by atoms with Gasteiger partial charge in [0.25, 0.3) is 0 Å². The van der Waals surface area contributed by atoms with Crippen molar-refractivity contribution in [3.63, 3.8) is 0 Å². The first-order chi connectivity index (χ1) is 14.3. The summed E-state index contributed by atoms with van der Waals surface area (Å²) in [7, 11) is 1.68. The van der Waals surface area contributed by atoms with Crippen molar-refractivity contribution in [1.29, 1.82) is 0 Å². The number of hydrogen-bond acceptors (Lipinski definition) is 4. The first kappa shape index (κ1) is 17.8. The van der Waals surface area contributed by atoms with Gasteiger partial charge in [0.1, 0.15) is 12.1 Å². The predicted molar refractivity (Wildman–Crippen MR) is 116 cm³/mol. The highest BCUT2D eigenvalue weighted by Gasteiger charge is 2.12. The van der Waals surface area contributed by atoms with E-state index in [0.717, 1.165) is 48.8 Å². The molecule has 1 aromatic heterocycles. The first-order valence-electron chi connectivity index (χ1n) is 9.86. The zero-order valence-corrected chi connectivity index (χ0v) is 16.4. The number of methoxy groups -OCH3 is 1. The standard InChI is InChI=1S/C24H23N3O2/c1-28-22-9-7-21(8-10-22)27-17-25-23-11-4-19(16-24(23)27)18-2-5-20(6-3-18)26-12-14-29-15-13-26/h2-11,16-17H,12-15H2,1H3. The molecule has 0 N–H and O–H groups in total. The van der Waals surface area contributed by atoms with Crippen LogP contribution < -0.4 is 9.64 Å². The summed E-state index contributed by atoms with van der Waals surface area (Å²) in [6.07, 6.45) is 1.87. The van der Waals surface area contributed by atoms with E-state index < -0.39 is 0 Å². The summed E-state index contributed by atoms with van der Waals surface area (Å²) in [6, 6.07) is 23.2. The number of nitrogens with zero attached hydrogens (tertiary/aromatic N) is 3. The lowest BCUT2D eigenvalue weighted by Crippen LogP contribution is -2.36. The third-order valence-corrected chi connectivity index (χ3v) is 5.47. The quantitative estimate of drug-likeness (QED) is 0.517. The van der Waals surface area contributed by atoms with Crippen molar-refractivity contribution in [1.82, 2.24) is 9.55 Å². The minimum Gasteiger partial charge on any atom is -0.497 e. The molecule has 0 bridgehead atoms. The van der Waals surface area contributed by atoms with Crippen LogP contribution in [0, 0.1) is 0 Å². The summed E-state index contributed by atoms with van der Waals surface area (Å²) >= 11 is 0. The smallest absolute Gasteiger partial charge is 0.119 e. The molecule has 0 saturated carbocycles. The fourth-order valence-electron chi connectivity index (χ4n) is 3.82. The molecule has 0 amide bonds. The zero-order chi connectivity index (χ0) is 19.6. The van der Waals surface area contributed by atoms with Crippen molar-refractivity contribution in [2.45, 2.75) is 0 Å². The van der Waals surface area contributed by atoms with E-state index in [9.17, 15) is 0 Å². The zero-order valence-electron chi connectivity index (χ0n) is 16.4. The molecular formula is C24H23N3O2. The Labute approximate surface area is 170 Å². The largest absolute Gasteiger partial charge is 0.497 e. The molecule has 0 radical (unpaired) electrons. The highest BCUT2D eigenvalue weighted by Crippen LogP contribution is 2.28. The van der Waals surface area contributed by atoms with Crippen LogP contribution in [0.4, 0.5) is 5.69 Å². The molecule has 5 nitrogen and oxygen atoms in total. The van der Waals surface area contributed by atoms with Gasteiger partial charge in [-0.1, -0.05) is 18.2 Å². The van der Waals surface area contributed by atoms with Crippen LogP contribution in [0.2, 0.25) is 0 Å². The molecule has 0 spiro atoms. The fraction of sp³-hybridized carbons (Fsp3) is 0.208. The topological polar surface area (TPSA) is 39.5 Å². The minimum atomic E-state index is 0.799. The molecule has 2 heterocycles. The van der Waals surface area contributed by atoms with Crippen LogP contribution in [0.3, 0.4) is 0 Å². The summed E-state index contributed by atoms with van der Waals surface area (Å²) in [4.78, 5) is 6.93. The van der Waals surface area contributed by atoms with Gasteiger partial charge >= 0.3 is 0 Å². The molecule has 1 aliphatic rings. The Kier molecular flexibility index (Phi) is 4.66. The molecule has 0 unspecified atom stereocenters. The summed E-state index contributed by atoms with van der Waals surface area (Å²) < 4.78 is 12.8. The van der Waals surface area contributed by atoms with Crippen LogP contribution in [-0.2, 0) is 4.74 Å². The van der Waals surface area contributed by atoms with E-state index in [1.807, 2.05) is 30.6 Å². The number of rotatable bonds is 4.